The summed E-state index contributed by atoms with van der Waals surface area (Å²) in [7, 11) is 5.34. The maximum absolute atomic E-state index is 13.3. The van der Waals surface area contributed by atoms with Gasteiger partial charge in [-0.05, 0) is 75.8 Å². The number of amides is 1. The molecule has 1 aliphatic heterocycles. The van der Waals surface area contributed by atoms with Crippen molar-refractivity contribution < 1.29 is 28.9 Å². The lowest BCUT2D eigenvalue weighted by atomic mass is 9.94. The maximum Gasteiger partial charge on any atom is 0.295 e. The Balaban J connectivity index is 2.10. The van der Waals surface area contributed by atoms with Gasteiger partial charge in [-0.2, -0.15) is 0 Å². The smallest absolute Gasteiger partial charge is 0.295 e. The number of unbranched alkanes of at least 4 members (excludes halogenated alkanes) is 1. The first-order chi connectivity index (χ1) is 17.7. The summed E-state index contributed by atoms with van der Waals surface area (Å²) in [5.74, 6) is 0.207. The van der Waals surface area contributed by atoms with E-state index in [1.165, 1.54) is 12.0 Å². The molecule has 200 valence electrons. The fourth-order valence-corrected chi connectivity index (χ4v) is 4.33. The number of carbonyl (C=O) groups is 2. The van der Waals surface area contributed by atoms with Crippen LogP contribution in [0, 0.1) is 6.92 Å². The van der Waals surface area contributed by atoms with Crippen molar-refractivity contribution in [2.75, 3.05) is 47.5 Å². The summed E-state index contributed by atoms with van der Waals surface area (Å²) < 4.78 is 17.0. The van der Waals surface area contributed by atoms with Crippen molar-refractivity contribution in [2.24, 2.45) is 0 Å². The van der Waals surface area contributed by atoms with Gasteiger partial charge in [-0.25, -0.2) is 0 Å². The zero-order valence-electron chi connectivity index (χ0n) is 22.7. The molecule has 1 amide bonds. The predicted octanol–water partition coefficient (Wildman–Crippen LogP) is 4.56. The lowest BCUT2D eigenvalue weighted by molar-refractivity contribution is -0.140. The highest BCUT2D eigenvalue weighted by atomic mass is 16.5. The molecule has 1 atom stereocenters. The lowest BCUT2D eigenvalue weighted by Crippen LogP contribution is -2.35. The van der Waals surface area contributed by atoms with Crippen molar-refractivity contribution in [2.45, 2.75) is 39.7 Å². The molecule has 1 saturated heterocycles. The van der Waals surface area contributed by atoms with Crippen LogP contribution < -0.4 is 14.2 Å². The van der Waals surface area contributed by atoms with Crippen molar-refractivity contribution in [1.82, 2.24) is 9.80 Å². The molecule has 1 aliphatic rings. The Labute approximate surface area is 219 Å². The molecule has 2 aromatic carbocycles. The summed E-state index contributed by atoms with van der Waals surface area (Å²) in [4.78, 5) is 29.9. The lowest BCUT2D eigenvalue weighted by Gasteiger charge is -2.27. The van der Waals surface area contributed by atoms with Crippen LogP contribution in [0.4, 0.5) is 0 Å². The molecular weight excluding hydrogens is 472 g/mol. The highest BCUT2D eigenvalue weighted by Crippen LogP contribution is 2.42. The molecule has 37 heavy (non-hydrogen) atoms. The van der Waals surface area contributed by atoms with E-state index in [0.29, 0.717) is 48.9 Å². The van der Waals surface area contributed by atoms with E-state index in [4.69, 9.17) is 14.2 Å². The number of rotatable bonds is 12. The highest BCUT2D eigenvalue weighted by Gasteiger charge is 2.46. The Morgan fingerprint density at radius 2 is 1.76 bits per heavy atom. The summed E-state index contributed by atoms with van der Waals surface area (Å²) in [6, 6.07) is 9.83. The fraction of sp³-hybridized carbons (Fsp3) is 0.448. The van der Waals surface area contributed by atoms with Crippen LogP contribution >= 0.6 is 0 Å². The van der Waals surface area contributed by atoms with Crippen LogP contribution in [-0.2, 0) is 9.59 Å². The normalized spacial score (nSPS) is 16.9. The van der Waals surface area contributed by atoms with Crippen molar-refractivity contribution in [3.05, 3.63) is 58.7 Å². The van der Waals surface area contributed by atoms with Gasteiger partial charge in [-0.3, -0.25) is 9.59 Å². The van der Waals surface area contributed by atoms with E-state index < -0.39 is 17.7 Å². The van der Waals surface area contributed by atoms with E-state index in [1.54, 1.807) is 36.4 Å². The average Bonchev–Trinajstić information content (AvgIpc) is 3.13. The van der Waals surface area contributed by atoms with E-state index >= 15 is 0 Å². The van der Waals surface area contributed by atoms with Gasteiger partial charge in [0.15, 0.2) is 11.5 Å². The molecule has 0 aliphatic carbocycles. The summed E-state index contributed by atoms with van der Waals surface area (Å²) >= 11 is 0. The molecule has 1 unspecified atom stereocenters. The van der Waals surface area contributed by atoms with Crippen LogP contribution in [0.15, 0.2) is 42.0 Å². The number of nitrogens with zero attached hydrogens (tertiary/aromatic N) is 2. The first kappa shape index (κ1) is 28.1. The Morgan fingerprint density at radius 3 is 2.38 bits per heavy atom. The monoisotopic (exact) mass is 510 g/mol. The third kappa shape index (κ3) is 6.25. The van der Waals surface area contributed by atoms with Crippen LogP contribution in [0.25, 0.3) is 5.76 Å². The first-order valence-electron chi connectivity index (χ1n) is 12.7. The summed E-state index contributed by atoms with van der Waals surface area (Å²) in [6.07, 6.45) is 1.98. The fourth-order valence-electron chi connectivity index (χ4n) is 4.33. The van der Waals surface area contributed by atoms with E-state index in [-0.39, 0.29) is 11.3 Å². The Bertz CT molecular complexity index is 1160. The van der Waals surface area contributed by atoms with E-state index in [1.807, 2.05) is 32.8 Å². The number of carbonyl (C=O) groups excluding carboxylic acids is 2. The number of benzene rings is 2. The largest absolute Gasteiger partial charge is 0.507 e. The zero-order valence-corrected chi connectivity index (χ0v) is 22.7. The van der Waals surface area contributed by atoms with Gasteiger partial charge in [0, 0.05) is 18.7 Å². The number of methoxy groups -OCH3 is 1. The van der Waals surface area contributed by atoms with Crippen LogP contribution in [0.5, 0.6) is 17.2 Å². The minimum atomic E-state index is -0.773. The Morgan fingerprint density at radius 1 is 1.03 bits per heavy atom. The molecule has 8 nitrogen and oxygen atoms in total. The number of hydrogen-bond acceptors (Lipinski definition) is 7. The number of aliphatic hydroxyl groups excluding tert-OH is 1. The van der Waals surface area contributed by atoms with Crippen LogP contribution in [0.1, 0.15) is 49.4 Å². The molecule has 8 heteroatoms. The highest BCUT2D eigenvalue weighted by molar-refractivity contribution is 6.46. The van der Waals surface area contributed by atoms with Crippen molar-refractivity contribution in [3.63, 3.8) is 0 Å². The second kappa shape index (κ2) is 12.6. The molecular formula is C29H38N2O6. The van der Waals surface area contributed by atoms with Crippen LogP contribution in [0.2, 0.25) is 0 Å². The number of likely N-dealkylation sites (N-methyl/N-ethyl adjacent to an activating group) is 1. The SMILES string of the molecule is CCCCOc1ccc(/C(O)=C2/C(=O)C(=O)N(CCN(C)C)C2c2ccc(OCC)c(OC)c2)cc1C. The summed E-state index contributed by atoms with van der Waals surface area (Å²) in [5, 5.41) is 11.4. The van der Waals surface area contributed by atoms with Crippen LogP contribution in [0.3, 0.4) is 0 Å². The molecule has 0 radical (unpaired) electrons. The van der Waals surface area contributed by atoms with Crippen LogP contribution in [-0.4, -0.2) is 74.1 Å². The van der Waals surface area contributed by atoms with Gasteiger partial charge in [0.2, 0.25) is 0 Å². The van der Waals surface area contributed by atoms with Gasteiger partial charge in [0.25, 0.3) is 11.7 Å². The molecule has 0 saturated carbocycles. The predicted molar refractivity (Wildman–Crippen MR) is 143 cm³/mol. The zero-order chi connectivity index (χ0) is 27.1. The van der Waals surface area contributed by atoms with E-state index in [0.717, 1.165) is 24.2 Å². The van der Waals surface area contributed by atoms with Crippen molar-refractivity contribution in [3.8, 4) is 17.2 Å². The molecule has 0 bridgehead atoms. The first-order valence-corrected chi connectivity index (χ1v) is 12.7. The van der Waals surface area contributed by atoms with Gasteiger partial charge >= 0.3 is 0 Å². The minimum absolute atomic E-state index is 0.0500. The number of hydrogen-bond donors (Lipinski definition) is 1. The molecule has 1 fully saturated rings. The van der Waals surface area contributed by atoms with Gasteiger partial charge in [-0.1, -0.05) is 19.4 Å². The number of likely N-dealkylation sites (tertiary alicyclic amines) is 1. The van der Waals surface area contributed by atoms with Gasteiger partial charge in [0.1, 0.15) is 11.5 Å². The van der Waals surface area contributed by atoms with Gasteiger partial charge < -0.3 is 29.1 Å². The maximum atomic E-state index is 13.3. The molecule has 3 rings (SSSR count). The minimum Gasteiger partial charge on any atom is -0.507 e. The number of aryl methyl sites for hydroxylation is 1. The summed E-state index contributed by atoms with van der Waals surface area (Å²) in [6.45, 7) is 7.82. The van der Waals surface area contributed by atoms with Gasteiger partial charge in [0.05, 0.1) is 31.9 Å². The Kier molecular flexibility index (Phi) is 9.58. The standard InChI is InChI=1S/C29H38N2O6/c1-7-9-16-37-22-12-11-21(17-19(22)3)27(32)25-26(31(15-14-30(4)5)29(34)28(25)33)20-10-13-23(36-8-2)24(18-20)35-6/h10-13,17-18,26,32H,7-9,14-16H2,1-6H3/b27-25-. The second-order valence-electron chi connectivity index (χ2n) is 9.32. The molecule has 1 N–H and O–H groups in total. The third-order valence-corrected chi connectivity index (χ3v) is 6.34. The quantitative estimate of drug-likeness (QED) is 0.194. The van der Waals surface area contributed by atoms with Gasteiger partial charge in [-0.15, -0.1) is 0 Å². The molecule has 0 aromatic heterocycles. The van der Waals surface area contributed by atoms with E-state index in [2.05, 4.69) is 6.92 Å². The Hall–Kier alpha value is -3.52. The average molecular weight is 511 g/mol. The molecule has 2 aromatic rings. The molecule has 1 heterocycles. The number of ketones is 1. The van der Waals surface area contributed by atoms with E-state index in [9.17, 15) is 14.7 Å². The second-order valence-corrected chi connectivity index (χ2v) is 9.32. The van der Waals surface area contributed by atoms with Crippen molar-refractivity contribution in [1.29, 1.82) is 0 Å². The number of Topliss-reactive ketones (excluding diaryl/α,β-unsaturated/α-hetero) is 1. The number of ether oxygens (including phenoxy) is 3. The summed E-state index contributed by atoms with van der Waals surface area (Å²) in [5.41, 5.74) is 1.99. The number of aliphatic hydroxyl groups is 1. The molecule has 0 spiro atoms. The third-order valence-electron chi connectivity index (χ3n) is 6.34. The topological polar surface area (TPSA) is 88.5 Å². The van der Waals surface area contributed by atoms with Crippen molar-refractivity contribution >= 4 is 17.4 Å².